The Balaban J connectivity index is 0.000000134. The average molecular weight is 1870 g/mol. The number of carbonyl (C=O) groups excluding carboxylic acids is 2. The van der Waals surface area contributed by atoms with Gasteiger partial charge in [0.05, 0.1) is 179 Å². The Kier molecular flexibility index (Phi) is 29.8. The molecule has 710 valence electrons. The van der Waals surface area contributed by atoms with E-state index < -0.39 is 17.7 Å². The lowest BCUT2D eigenvalue weighted by Gasteiger charge is -2.28. The zero-order valence-electron chi connectivity index (χ0n) is 79.4. The lowest BCUT2D eigenvalue weighted by Crippen LogP contribution is -2.32. The number of rotatable bonds is 31. The molecule has 34 heteroatoms. The van der Waals surface area contributed by atoms with Gasteiger partial charge in [-0.3, -0.25) is 34.4 Å². The van der Waals surface area contributed by atoms with E-state index in [1.807, 2.05) is 269 Å². The van der Waals surface area contributed by atoms with Gasteiger partial charge in [-0.25, -0.2) is 29.1 Å². The summed E-state index contributed by atoms with van der Waals surface area (Å²) in [5, 5.41) is 13.5. The van der Waals surface area contributed by atoms with Crippen LogP contribution in [-0.2, 0) is 44.3 Å². The Bertz CT molecular complexity index is 7310. The number of aromatic nitrogens is 15. The molecule has 11 heterocycles. The van der Waals surface area contributed by atoms with Gasteiger partial charge >= 0.3 is 6.09 Å². The minimum atomic E-state index is -1.00. The number of methoxy groups -OCH3 is 7. The maximum atomic E-state index is 14.3. The molecule has 2 amide bonds. The van der Waals surface area contributed by atoms with Gasteiger partial charge in [-0.15, -0.1) is 0 Å². The molecule has 0 bridgehead atoms. The van der Waals surface area contributed by atoms with Crippen molar-refractivity contribution in [1.29, 1.82) is 0 Å². The van der Waals surface area contributed by atoms with Crippen molar-refractivity contribution in [3.05, 3.63) is 292 Å². The monoisotopic (exact) mass is 1870 g/mol. The molecule has 1 unspecified atom stereocenters. The van der Waals surface area contributed by atoms with Gasteiger partial charge in [-0.1, -0.05) is 13.8 Å². The van der Waals surface area contributed by atoms with Gasteiger partial charge in [0, 0.05) is 250 Å². The molecule has 1 aliphatic heterocycles. The lowest BCUT2D eigenvalue weighted by atomic mass is 10.1. The van der Waals surface area contributed by atoms with Crippen molar-refractivity contribution in [2.24, 2.45) is 28.2 Å². The number of aryl methyl sites for hydroxylation is 5. The van der Waals surface area contributed by atoms with E-state index in [0.29, 0.717) is 90.7 Å². The maximum Gasteiger partial charge on any atom is 0.407 e. The van der Waals surface area contributed by atoms with Crippen molar-refractivity contribution in [1.82, 2.24) is 83.5 Å². The van der Waals surface area contributed by atoms with E-state index in [9.17, 15) is 18.4 Å². The van der Waals surface area contributed by atoms with Crippen LogP contribution in [0.4, 0.5) is 64.8 Å². The van der Waals surface area contributed by atoms with Crippen molar-refractivity contribution in [3.8, 4) is 85.3 Å². The number of anilines is 9. The van der Waals surface area contributed by atoms with Gasteiger partial charge in [0.2, 0.25) is 11.7 Å². The predicted octanol–water partition coefficient (Wildman–Crippen LogP) is 18.8. The molecule has 1 atom stereocenters. The van der Waals surface area contributed by atoms with Crippen LogP contribution in [0.25, 0.3) is 89.2 Å². The molecule has 0 saturated carbocycles. The quantitative estimate of drug-likeness (QED) is 0.0363. The molecule has 0 spiro atoms. The summed E-state index contributed by atoms with van der Waals surface area (Å²) in [7, 11) is 18.9. The van der Waals surface area contributed by atoms with Crippen LogP contribution in [0.2, 0.25) is 0 Å². The molecule has 1 fully saturated rings. The normalized spacial score (nSPS) is 12.1. The van der Waals surface area contributed by atoms with E-state index in [1.54, 1.807) is 91.8 Å². The topological polar surface area (TPSA) is 311 Å². The number of amides is 2. The third kappa shape index (κ3) is 23.5. The molecular weight excluding hydrogens is 1770 g/mol. The van der Waals surface area contributed by atoms with Crippen LogP contribution >= 0.6 is 0 Å². The summed E-state index contributed by atoms with van der Waals surface area (Å²) in [6, 6.07) is 57.1. The highest BCUT2D eigenvalue weighted by atomic mass is 19.2. The van der Waals surface area contributed by atoms with Gasteiger partial charge in [0.15, 0.2) is 11.6 Å². The molecule has 32 nitrogen and oxygen atoms in total. The largest absolute Gasteiger partial charge is 0.497 e. The number of fused-ring (bicyclic) bond motifs is 4. The summed E-state index contributed by atoms with van der Waals surface area (Å²) < 4.78 is 81.7. The summed E-state index contributed by atoms with van der Waals surface area (Å²) in [5.74, 6) is 1.69. The first kappa shape index (κ1) is 95.1. The molecule has 1 aliphatic rings. The smallest absolute Gasteiger partial charge is 0.407 e. The zero-order valence-corrected chi connectivity index (χ0v) is 79.4. The number of alkyl carbamates (subject to hydrolysis) is 1. The van der Waals surface area contributed by atoms with E-state index in [1.165, 1.54) is 19.2 Å². The fourth-order valence-electron chi connectivity index (χ4n) is 15.8. The second-order valence-electron chi connectivity index (χ2n) is 33.2. The van der Waals surface area contributed by atoms with Crippen LogP contribution in [0.15, 0.2) is 275 Å². The number of nitrogens with one attached hydrogen (secondary N) is 3. The standard InChI is InChI=1S/C28H26N6O3.C27H28N6O2.C25H27F2N5O.C25H25N5O4/c1-33-10-8-19(17-33)27-16-30-25-7-6-21(13-26(25)32-27)34(18-28(35)31-20-5-4-9-29-15-20)22-11-23(36-2)14-24(12-22)37-3;1-19-7-10-32(30-19)11-12-33(22-13-23(34-3)16-24(14-22)35-4)21-5-6-25-26(15-21)29-27(17-28-25)20-8-9-31(2)18-20;1-16(2)28-8-10-32(19-11-20(26)25(27)24(13-19)33-4)18-5-6-21-22(12-18)30-23(14-29-21)17-7-9-31(3)15-17;1-29-7-6-16(14-29)24-13-26-22-5-4-17(10-23(22)28-24)30(15-21-12-27-25(31)34-21)18-8-19(32-2)11-20(9-18)33-3/h4-17H,18H2,1-3H3,(H,31,35);5-10,13-18H,11-12H2,1-4H3;5-7,9,11-16,28H,8,10H2,1-4H3;4-11,13-14,21H,12,15H2,1-3H3,(H,27,31). The number of carbonyl (C=O) groups is 2. The Hall–Kier alpha value is -17.0. The highest BCUT2D eigenvalue weighted by Crippen LogP contribution is 2.41. The number of halogens is 2. The molecule has 0 aliphatic carbocycles. The highest BCUT2D eigenvalue weighted by Gasteiger charge is 2.29. The third-order valence-electron chi connectivity index (χ3n) is 22.9. The Morgan fingerprint density at radius 1 is 0.453 bits per heavy atom. The van der Waals surface area contributed by atoms with Crippen molar-refractivity contribution in [2.45, 2.75) is 39.5 Å². The van der Waals surface area contributed by atoms with Crippen LogP contribution in [0, 0.1) is 18.6 Å². The zero-order chi connectivity index (χ0) is 97.3. The minimum Gasteiger partial charge on any atom is -0.497 e. The molecule has 10 aromatic heterocycles. The van der Waals surface area contributed by atoms with Crippen molar-refractivity contribution in [2.75, 3.05) is 114 Å². The van der Waals surface area contributed by atoms with Gasteiger partial charge < -0.3 is 91.7 Å². The SMILES string of the molecule is COc1cc(N(CCNC(C)C)c2ccc3ncc(-c4ccn(C)c4)nc3c2)cc(F)c1F.COc1cc(OC)cc(N(CC(=O)Nc2cccnc2)c2ccc3ncc(-c4ccn(C)c4)nc3c2)c1.COc1cc(OC)cc(N(CC2CNC(=O)O2)c2ccc3ncc(-c4ccn(C)c4)nc3c2)c1.COc1cc(OC)cc(N(CCn2ccc(C)n2)c2ccc3ncc(-c4ccn(C)c4)nc3c2)c1. The van der Waals surface area contributed by atoms with Crippen molar-refractivity contribution < 1.29 is 56.3 Å². The third-order valence-corrected chi connectivity index (χ3v) is 22.9. The van der Waals surface area contributed by atoms with Crippen LogP contribution in [-0.4, -0.2) is 186 Å². The second-order valence-corrected chi connectivity index (χ2v) is 33.2. The van der Waals surface area contributed by atoms with Crippen molar-refractivity contribution in [3.63, 3.8) is 0 Å². The molecule has 19 rings (SSSR count). The Morgan fingerprint density at radius 2 is 0.849 bits per heavy atom. The fourth-order valence-corrected chi connectivity index (χ4v) is 15.8. The van der Waals surface area contributed by atoms with E-state index in [-0.39, 0.29) is 24.3 Å². The summed E-state index contributed by atoms with van der Waals surface area (Å²) in [6.07, 6.45) is 27.6. The molecule has 18 aromatic rings. The summed E-state index contributed by atoms with van der Waals surface area (Å²) in [4.78, 5) is 74.7. The fraction of sp³-hybridized carbons (Fsp3) is 0.219. The number of ether oxygens (including phenoxy) is 8. The maximum absolute atomic E-state index is 14.3. The molecule has 8 aromatic carbocycles. The number of hydrogen-bond donors (Lipinski definition) is 3. The van der Waals surface area contributed by atoms with E-state index in [0.717, 1.165) is 135 Å². The lowest BCUT2D eigenvalue weighted by molar-refractivity contribution is -0.114. The van der Waals surface area contributed by atoms with Crippen LogP contribution in [0.1, 0.15) is 19.5 Å². The number of nitrogens with zero attached hydrogens (tertiary/aromatic N) is 19. The predicted molar refractivity (Wildman–Crippen MR) is 537 cm³/mol. The molecule has 0 radical (unpaired) electrons. The van der Waals surface area contributed by atoms with E-state index in [2.05, 4.69) is 81.7 Å². The molecular formula is C105H106F2N22O10. The summed E-state index contributed by atoms with van der Waals surface area (Å²) in [5.41, 5.74) is 21.4. The summed E-state index contributed by atoms with van der Waals surface area (Å²) in [6.45, 7) is 9.58. The number of benzene rings is 8. The average Bonchev–Trinajstić information content (AvgIpc) is 1.79. The highest BCUT2D eigenvalue weighted by molar-refractivity contribution is 5.96. The van der Waals surface area contributed by atoms with Gasteiger partial charge in [0.25, 0.3) is 0 Å². The minimum absolute atomic E-state index is 0.0303. The van der Waals surface area contributed by atoms with Crippen LogP contribution in [0.3, 0.4) is 0 Å². The Labute approximate surface area is 802 Å². The number of hydrogen-bond acceptors (Lipinski definition) is 25. The number of pyridine rings is 1. The first-order chi connectivity index (χ1) is 67.4. The van der Waals surface area contributed by atoms with Gasteiger partial charge in [-0.05, 0) is 122 Å². The number of cyclic esters (lactones) is 1. The summed E-state index contributed by atoms with van der Waals surface area (Å²) >= 11 is 0. The van der Waals surface area contributed by atoms with Crippen molar-refractivity contribution >= 4 is 107 Å². The van der Waals surface area contributed by atoms with Crippen LogP contribution < -0.4 is 68.7 Å². The van der Waals surface area contributed by atoms with E-state index in [4.69, 9.17) is 57.8 Å². The van der Waals surface area contributed by atoms with Crippen LogP contribution in [0.5, 0.6) is 40.2 Å². The molecule has 139 heavy (non-hydrogen) atoms. The first-order valence-corrected chi connectivity index (χ1v) is 44.7. The first-order valence-electron chi connectivity index (χ1n) is 44.7. The van der Waals surface area contributed by atoms with Gasteiger partial charge in [0.1, 0.15) is 47.1 Å². The molecule has 1 saturated heterocycles. The Morgan fingerprint density at radius 3 is 1.21 bits per heavy atom. The van der Waals surface area contributed by atoms with Gasteiger partial charge in [-0.2, -0.15) is 9.49 Å². The van der Waals surface area contributed by atoms with E-state index >= 15 is 0 Å². The molecule has 3 N–H and O–H groups in total. The second kappa shape index (κ2) is 43.5.